The summed E-state index contributed by atoms with van der Waals surface area (Å²) in [6, 6.07) is 5.00. The molecule has 0 radical (unpaired) electrons. The van der Waals surface area contributed by atoms with Crippen molar-refractivity contribution in [1.82, 2.24) is 0 Å². The van der Waals surface area contributed by atoms with Gasteiger partial charge in [0.05, 0.1) is 11.1 Å². The Morgan fingerprint density at radius 1 is 1.25 bits per heavy atom. The van der Waals surface area contributed by atoms with Crippen molar-refractivity contribution in [2.24, 2.45) is 0 Å². The van der Waals surface area contributed by atoms with Crippen LogP contribution in [0.25, 0.3) is 0 Å². The molecule has 0 heterocycles. The van der Waals surface area contributed by atoms with Crippen molar-refractivity contribution in [2.75, 3.05) is 5.32 Å². The van der Waals surface area contributed by atoms with Gasteiger partial charge in [0.25, 0.3) is 0 Å². The van der Waals surface area contributed by atoms with E-state index in [2.05, 4.69) is 5.32 Å². The van der Waals surface area contributed by atoms with Crippen LogP contribution in [0.1, 0.15) is 25.7 Å². The topological polar surface area (TPSA) is 32.3 Å². The first kappa shape index (κ1) is 11.7. The maximum Gasteiger partial charge on any atom is 0.141 e. The molecule has 2 N–H and O–H groups in total. The summed E-state index contributed by atoms with van der Waals surface area (Å²) in [6.45, 7) is 0. The number of aliphatic hydroxyl groups is 1. The van der Waals surface area contributed by atoms with Gasteiger partial charge < -0.3 is 10.4 Å². The number of hydrogen-bond donors (Lipinski definition) is 2. The molecule has 16 heavy (non-hydrogen) atoms. The highest BCUT2D eigenvalue weighted by molar-refractivity contribution is 6.31. The van der Waals surface area contributed by atoms with Gasteiger partial charge in [-0.1, -0.05) is 11.6 Å². The molecule has 0 atom stereocenters. The first-order chi connectivity index (χ1) is 7.65. The van der Waals surface area contributed by atoms with E-state index < -0.39 is 5.82 Å². The smallest absolute Gasteiger partial charge is 0.141 e. The number of benzene rings is 1. The summed E-state index contributed by atoms with van der Waals surface area (Å²) >= 11 is 5.70. The number of aliphatic hydroxyl groups excluding tert-OH is 1. The molecule has 0 aliphatic heterocycles. The van der Waals surface area contributed by atoms with Gasteiger partial charge in [0, 0.05) is 11.7 Å². The lowest BCUT2D eigenvalue weighted by molar-refractivity contribution is 0.126. The van der Waals surface area contributed by atoms with Crippen LogP contribution in [0, 0.1) is 5.82 Å². The van der Waals surface area contributed by atoms with E-state index in [0.29, 0.717) is 6.04 Å². The van der Waals surface area contributed by atoms with Crippen molar-refractivity contribution in [3.8, 4) is 0 Å². The number of halogens is 2. The molecule has 88 valence electrons. The van der Waals surface area contributed by atoms with Crippen molar-refractivity contribution in [2.45, 2.75) is 37.8 Å². The summed E-state index contributed by atoms with van der Waals surface area (Å²) in [7, 11) is 0. The Labute approximate surface area is 99.4 Å². The fraction of sp³-hybridized carbons (Fsp3) is 0.500. The van der Waals surface area contributed by atoms with E-state index in [4.69, 9.17) is 11.6 Å². The van der Waals surface area contributed by atoms with E-state index >= 15 is 0 Å². The van der Waals surface area contributed by atoms with Gasteiger partial charge in [0.15, 0.2) is 0 Å². The molecule has 1 aliphatic carbocycles. The van der Waals surface area contributed by atoms with E-state index in [1.807, 2.05) is 0 Å². The molecular formula is C12H15ClFNO. The van der Waals surface area contributed by atoms with E-state index in [0.717, 1.165) is 31.4 Å². The largest absolute Gasteiger partial charge is 0.393 e. The zero-order valence-corrected chi connectivity index (χ0v) is 9.67. The monoisotopic (exact) mass is 243 g/mol. The van der Waals surface area contributed by atoms with Crippen molar-refractivity contribution in [3.05, 3.63) is 29.0 Å². The second-order valence-corrected chi connectivity index (χ2v) is 4.69. The Balaban J connectivity index is 1.96. The number of anilines is 1. The third kappa shape index (κ3) is 2.86. The molecule has 1 saturated carbocycles. The van der Waals surface area contributed by atoms with Crippen LogP contribution in [0.4, 0.5) is 10.1 Å². The maximum atomic E-state index is 12.9. The van der Waals surface area contributed by atoms with Crippen molar-refractivity contribution in [3.63, 3.8) is 0 Å². The molecule has 0 amide bonds. The van der Waals surface area contributed by atoms with E-state index in [9.17, 15) is 9.50 Å². The minimum Gasteiger partial charge on any atom is -0.393 e. The minimum atomic E-state index is -0.397. The van der Waals surface area contributed by atoms with E-state index in [-0.39, 0.29) is 11.1 Å². The van der Waals surface area contributed by atoms with Crippen LogP contribution in [0.15, 0.2) is 18.2 Å². The number of hydrogen-bond acceptors (Lipinski definition) is 2. The van der Waals surface area contributed by atoms with Gasteiger partial charge >= 0.3 is 0 Å². The molecule has 0 bridgehead atoms. The summed E-state index contributed by atoms with van der Waals surface area (Å²) in [5, 5.41) is 12.8. The highest BCUT2D eigenvalue weighted by Gasteiger charge is 2.19. The molecule has 0 saturated heterocycles. The fourth-order valence-corrected chi connectivity index (χ4v) is 2.22. The maximum absolute atomic E-state index is 12.9. The molecule has 1 aliphatic rings. The van der Waals surface area contributed by atoms with Crippen LogP contribution in [0.3, 0.4) is 0 Å². The second-order valence-electron chi connectivity index (χ2n) is 4.28. The van der Waals surface area contributed by atoms with Gasteiger partial charge in [-0.3, -0.25) is 0 Å². The first-order valence-corrected chi connectivity index (χ1v) is 5.92. The highest BCUT2D eigenvalue weighted by Crippen LogP contribution is 2.24. The zero-order chi connectivity index (χ0) is 11.5. The second kappa shape index (κ2) is 5.02. The van der Waals surface area contributed by atoms with Gasteiger partial charge in [0.1, 0.15) is 5.82 Å². The number of nitrogens with one attached hydrogen (secondary N) is 1. The zero-order valence-electron chi connectivity index (χ0n) is 8.92. The predicted octanol–water partition coefficient (Wildman–Crippen LogP) is 3.19. The molecule has 1 aromatic rings. The third-order valence-corrected chi connectivity index (χ3v) is 3.28. The van der Waals surface area contributed by atoms with Crippen LogP contribution in [0.5, 0.6) is 0 Å². The van der Waals surface area contributed by atoms with Crippen LogP contribution >= 0.6 is 11.6 Å². The minimum absolute atomic E-state index is 0.140. The Morgan fingerprint density at radius 3 is 2.56 bits per heavy atom. The van der Waals surface area contributed by atoms with E-state index in [1.54, 1.807) is 12.1 Å². The Hall–Kier alpha value is -0.800. The van der Waals surface area contributed by atoms with Crippen molar-refractivity contribution in [1.29, 1.82) is 0 Å². The summed E-state index contributed by atoms with van der Waals surface area (Å²) in [4.78, 5) is 0. The van der Waals surface area contributed by atoms with Crippen LogP contribution in [-0.2, 0) is 0 Å². The van der Waals surface area contributed by atoms with E-state index in [1.165, 1.54) is 6.07 Å². The lowest BCUT2D eigenvalue weighted by Crippen LogP contribution is -2.28. The lowest BCUT2D eigenvalue weighted by Gasteiger charge is -2.27. The number of rotatable bonds is 2. The van der Waals surface area contributed by atoms with Crippen LogP contribution in [0.2, 0.25) is 5.02 Å². The van der Waals surface area contributed by atoms with Crippen molar-refractivity contribution >= 4 is 17.3 Å². The quantitative estimate of drug-likeness (QED) is 0.836. The summed E-state index contributed by atoms with van der Waals surface area (Å²) in [5.41, 5.74) is 0.841. The Morgan fingerprint density at radius 2 is 1.94 bits per heavy atom. The SMILES string of the molecule is OC1CCC(Nc2ccc(F)c(Cl)c2)CC1. The van der Waals surface area contributed by atoms with Gasteiger partial charge in [-0.25, -0.2) is 4.39 Å². The standard InChI is InChI=1S/C12H15ClFNO/c13-11-7-9(3-6-12(11)14)15-8-1-4-10(16)5-2-8/h3,6-8,10,15-16H,1-2,4-5H2. The lowest BCUT2D eigenvalue weighted by atomic mass is 9.93. The molecule has 2 nitrogen and oxygen atoms in total. The van der Waals surface area contributed by atoms with Crippen LogP contribution in [-0.4, -0.2) is 17.3 Å². The first-order valence-electron chi connectivity index (χ1n) is 5.55. The molecule has 0 spiro atoms. The highest BCUT2D eigenvalue weighted by atomic mass is 35.5. The molecule has 1 fully saturated rings. The van der Waals surface area contributed by atoms with Gasteiger partial charge in [0.2, 0.25) is 0 Å². The fourth-order valence-electron chi connectivity index (χ4n) is 2.04. The summed E-state index contributed by atoms with van der Waals surface area (Å²) in [6.07, 6.45) is 3.38. The molecule has 2 rings (SSSR count). The van der Waals surface area contributed by atoms with Crippen LogP contribution < -0.4 is 5.32 Å². The molecule has 4 heteroatoms. The van der Waals surface area contributed by atoms with Crippen molar-refractivity contribution < 1.29 is 9.50 Å². The van der Waals surface area contributed by atoms with Gasteiger partial charge in [-0.05, 0) is 43.9 Å². The Kier molecular flexibility index (Phi) is 3.66. The molecule has 1 aromatic carbocycles. The molecule has 0 aromatic heterocycles. The molecular weight excluding hydrogens is 229 g/mol. The third-order valence-electron chi connectivity index (χ3n) is 2.99. The van der Waals surface area contributed by atoms with Gasteiger partial charge in [-0.15, -0.1) is 0 Å². The average Bonchev–Trinajstić information content (AvgIpc) is 2.27. The summed E-state index contributed by atoms with van der Waals surface area (Å²) < 4.78 is 12.9. The average molecular weight is 244 g/mol. The molecule has 0 unspecified atom stereocenters. The normalized spacial score (nSPS) is 25.4. The van der Waals surface area contributed by atoms with Gasteiger partial charge in [-0.2, -0.15) is 0 Å². The summed E-state index contributed by atoms with van der Waals surface area (Å²) in [5.74, 6) is -0.397. The Bertz CT molecular complexity index is 364. The predicted molar refractivity (Wildman–Crippen MR) is 63.3 cm³/mol.